The lowest BCUT2D eigenvalue weighted by Crippen LogP contribution is -2.57. The average Bonchev–Trinajstić information content (AvgIpc) is 2.90. The summed E-state index contributed by atoms with van der Waals surface area (Å²) >= 11 is 1.12. The Morgan fingerprint density at radius 1 is 0.837 bits per heavy atom. The van der Waals surface area contributed by atoms with Crippen molar-refractivity contribution in [3.8, 4) is 0 Å². The predicted octanol–water partition coefficient (Wildman–Crippen LogP) is 6.77. The van der Waals surface area contributed by atoms with Gasteiger partial charge in [-0.2, -0.15) is 26.3 Å². The maximum atomic E-state index is 13.7. The minimum atomic E-state index is -4.60. The molecule has 1 amide bonds. The summed E-state index contributed by atoms with van der Waals surface area (Å²) in [6.07, 6.45) is -6.90. The van der Waals surface area contributed by atoms with Gasteiger partial charge in [-0.05, 0) is 62.4 Å². The summed E-state index contributed by atoms with van der Waals surface area (Å²) in [5.41, 5.74) is -1.08. The van der Waals surface area contributed by atoms with Crippen molar-refractivity contribution in [3.05, 3.63) is 64.7 Å². The fourth-order valence-electron chi connectivity index (χ4n) is 5.59. The standard InChI is InChI=1S/C29H35F6N3O2S.2ClH/c1-19-16-37(17-20(2)40-19)9-8-36-10-11-38(25(18-36)12-21-4-6-23(7-5-21)28(30,31)32)27(39)22-13-24(29(33,34)35)15-26(14-22)41-3;;/h4-7,13-15,19-20,25H,8-12,16-18H2,1-3H3;2*1H/t19?,20?,25-;;/m1../s1. The van der Waals surface area contributed by atoms with E-state index in [1.807, 2.05) is 13.8 Å². The van der Waals surface area contributed by atoms with Crippen LogP contribution in [0.25, 0.3) is 0 Å². The van der Waals surface area contributed by atoms with Crippen molar-refractivity contribution in [2.45, 2.75) is 55.8 Å². The van der Waals surface area contributed by atoms with E-state index in [1.165, 1.54) is 18.2 Å². The van der Waals surface area contributed by atoms with E-state index in [0.717, 1.165) is 62.2 Å². The largest absolute Gasteiger partial charge is 0.416 e. The van der Waals surface area contributed by atoms with Crippen LogP contribution in [0.4, 0.5) is 26.3 Å². The monoisotopic (exact) mass is 675 g/mol. The summed E-state index contributed by atoms with van der Waals surface area (Å²) in [7, 11) is 0. The molecular formula is C29H37Cl2F6N3O2S. The van der Waals surface area contributed by atoms with Crippen LogP contribution >= 0.6 is 36.6 Å². The zero-order valence-corrected chi connectivity index (χ0v) is 26.5. The first-order valence-electron chi connectivity index (χ1n) is 13.6. The molecule has 14 heteroatoms. The third kappa shape index (κ3) is 10.2. The maximum absolute atomic E-state index is 13.7. The highest BCUT2D eigenvalue weighted by atomic mass is 35.5. The van der Waals surface area contributed by atoms with Crippen molar-refractivity contribution in [3.63, 3.8) is 0 Å². The van der Waals surface area contributed by atoms with Crippen LogP contribution in [0.1, 0.15) is 40.9 Å². The molecule has 5 nitrogen and oxygen atoms in total. The molecule has 0 spiro atoms. The number of amides is 1. The fraction of sp³-hybridized carbons (Fsp3) is 0.552. The molecule has 2 aromatic carbocycles. The van der Waals surface area contributed by atoms with Gasteiger partial charge in [-0.15, -0.1) is 36.6 Å². The molecule has 2 saturated heterocycles. The highest BCUT2D eigenvalue weighted by Crippen LogP contribution is 2.34. The predicted molar refractivity (Wildman–Crippen MR) is 161 cm³/mol. The first-order valence-corrected chi connectivity index (χ1v) is 14.8. The van der Waals surface area contributed by atoms with Gasteiger partial charge >= 0.3 is 12.4 Å². The van der Waals surface area contributed by atoms with Gasteiger partial charge in [-0.1, -0.05) is 12.1 Å². The van der Waals surface area contributed by atoms with Gasteiger partial charge in [-0.25, -0.2) is 0 Å². The molecule has 0 bridgehead atoms. The number of benzene rings is 2. The van der Waals surface area contributed by atoms with Crippen molar-refractivity contribution in [1.29, 1.82) is 0 Å². The van der Waals surface area contributed by atoms with Gasteiger partial charge in [0.1, 0.15) is 0 Å². The lowest BCUT2D eigenvalue weighted by Gasteiger charge is -2.43. The number of ether oxygens (including phenoxy) is 1. The van der Waals surface area contributed by atoms with Crippen LogP contribution in [0, 0.1) is 0 Å². The van der Waals surface area contributed by atoms with Crippen LogP contribution in [-0.2, 0) is 23.5 Å². The Labute approximate surface area is 265 Å². The number of nitrogens with zero attached hydrogens (tertiary/aromatic N) is 3. The quantitative estimate of drug-likeness (QED) is 0.239. The minimum Gasteiger partial charge on any atom is -0.373 e. The van der Waals surface area contributed by atoms with Gasteiger partial charge in [0, 0.05) is 62.3 Å². The number of hydrogen-bond acceptors (Lipinski definition) is 5. The van der Waals surface area contributed by atoms with Crippen molar-refractivity contribution < 1.29 is 35.9 Å². The molecule has 2 heterocycles. The third-order valence-corrected chi connectivity index (χ3v) is 8.23. The Balaban J connectivity index is 0.00000323. The number of carbonyl (C=O) groups is 1. The summed E-state index contributed by atoms with van der Waals surface area (Å²) < 4.78 is 85.8. The Hall–Kier alpha value is -1.70. The van der Waals surface area contributed by atoms with Crippen LogP contribution in [-0.4, -0.2) is 90.9 Å². The van der Waals surface area contributed by atoms with Gasteiger partial charge in [0.15, 0.2) is 0 Å². The topological polar surface area (TPSA) is 36.0 Å². The molecular weight excluding hydrogens is 639 g/mol. The van der Waals surface area contributed by atoms with Crippen LogP contribution < -0.4 is 0 Å². The molecule has 0 aliphatic carbocycles. The molecule has 3 atom stereocenters. The minimum absolute atomic E-state index is 0. The molecule has 0 N–H and O–H groups in total. The molecule has 2 aliphatic rings. The number of alkyl halides is 6. The van der Waals surface area contributed by atoms with Crippen molar-refractivity contribution in [1.82, 2.24) is 14.7 Å². The van der Waals surface area contributed by atoms with Crippen LogP contribution in [0.5, 0.6) is 0 Å². The second-order valence-corrected chi connectivity index (χ2v) is 11.7. The van der Waals surface area contributed by atoms with Crippen LogP contribution in [0.3, 0.4) is 0 Å². The van der Waals surface area contributed by atoms with E-state index in [2.05, 4.69) is 9.80 Å². The summed E-state index contributed by atoms with van der Waals surface area (Å²) in [4.78, 5) is 20.1. The lowest BCUT2D eigenvalue weighted by molar-refractivity contribution is -0.138. The molecule has 2 unspecified atom stereocenters. The van der Waals surface area contributed by atoms with Crippen LogP contribution in [0.2, 0.25) is 0 Å². The second-order valence-electron chi connectivity index (χ2n) is 10.8. The molecule has 0 radical (unpaired) electrons. The maximum Gasteiger partial charge on any atom is 0.416 e. The van der Waals surface area contributed by atoms with Gasteiger partial charge in [0.25, 0.3) is 5.91 Å². The molecule has 2 aliphatic heterocycles. The van der Waals surface area contributed by atoms with Gasteiger partial charge in [0.2, 0.25) is 0 Å². The van der Waals surface area contributed by atoms with E-state index in [1.54, 1.807) is 11.2 Å². The summed E-state index contributed by atoms with van der Waals surface area (Å²) in [6, 6.07) is 7.76. The summed E-state index contributed by atoms with van der Waals surface area (Å²) in [6.45, 7) is 8.50. The Bertz CT molecular complexity index is 1190. The zero-order valence-electron chi connectivity index (χ0n) is 24.1. The number of hydrogen-bond donors (Lipinski definition) is 0. The number of piperazine rings is 1. The fourth-order valence-corrected chi connectivity index (χ4v) is 6.08. The lowest BCUT2D eigenvalue weighted by atomic mass is 9.99. The molecule has 2 fully saturated rings. The van der Waals surface area contributed by atoms with E-state index < -0.39 is 35.4 Å². The molecule has 0 saturated carbocycles. The second kappa shape index (κ2) is 15.5. The molecule has 242 valence electrons. The number of thioether (sulfide) groups is 1. The van der Waals surface area contributed by atoms with E-state index in [0.29, 0.717) is 30.1 Å². The van der Waals surface area contributed by atoms with Crippen molar-refractivity contribution >= 4 is 42.5 Å². The van der Waals surface area contributed by atoms with Gasteiger partial charge in [-0.3, -0.25) is 14.6 Å². The Kier molecular flexibility index (Phi) is 13.5. The Morgan fingerprint density at radius 3 is 1.98 bits per heavy atom. The van der Waals surface area contributed by atoms with Crippen molar-refractivity contribution in [2.24, 2.45) is 0 Å². The van der Waals surface area contributed by atoms with E-state index in [4.69, 9.17) is 4.74 Å². The van der Waals surface area contributed by atoms with Gasteiger partial charge in [0.05, 0.1) is 23.3 Å². The van der Waals surface area contributed by atoms with E-state index in [9.17, 15) is 31.1 Å². The van der Waals surface area contributed by atoms with E-state index in [-0.39, 0.29) is 49.0 Å². The van der Waals surface area contributed by atoms with Crippen LogP contribution in [0.15, 0.2) is 47.4 Å². The smallest absolute Gasteiger partial charge is 0.373 e. The average molecular weight is 677 g/mol. The molecule has 43 heavy (non-hydrogen) atoms. The zero-order chi connectivity index (χ0) is 29.9. The SMILES string of the molecule is CSc1cc(C(=O)N2CCN(CCN3CC(C)OC(C)C3)C[C@H]2Cc2ccc(C(F)(F)F)cc2)cc(C(F)(F)F)c1.Cl.Cl. The Morgan fingerprint density at radius 2 is 1.42 bits per heavy atom. The molecule has 2 aromatic rings. The van der Waals surface area contributed by atoms with Gasteiger partial charge < -0.3 is 9.64 Å². The highest BCUT2D eigenvalue weighted by Gasteiger charge is 2.36. The van der Waals surface area contributed by atoms with E-state index >= 15 is 0 Å². The molecule has 4 rings (SSSR count). The molecule has 0 aromatic heterocycles. The highest BCUT2D eigenvalue weighted by molar-refractivity contribution is 7.98. The third-order valence-electron chi connectivity index (χ3n) is 7.52. The summed E-state index contributed by atoms with van der Waals surface area (Å²) in [5.74, 6) is -0.515. The number of rotatable bonds is 7. The first kappa shape index (κ1) is 37.5. The van der Waals surface area contributed by atoms with Crippen molar-refractivity contribution in [2.75, 3.05) is 52.1 Å². The number of halogens is 8. The summed E-state index contributed by atoms with van der Waals surface area (Å²) in [5, 5.41) is 0. The first-order chi connectivity index (χ1) is 19.2. The normalized spacial score (nSPS) is 22.1. The number of morpholine rings is 1. The number of carbonyl (C=O) groups excluding carboxylic acids is 1.